The van der Waals surface area contributed by atoms with Crippen molar-refractivity contribution in [3.8, 4) is 0 Å². The number of carbonyl (C=O) groups excluding carboxylic acids is 1. The lowest BCUT2D eigenvalue weighted by atomic mass is 10.1. The zero-order valence-electron chi connectivity index (χ0n) is 10.2. The molecule has 0 saturated heterocycles. The summed E-state index contributed by atoms with van der Waals surface area (Å²) in [5.74, 6) is -2.04. The topological polar surface area (TPSA) is 26.3 Å². The lowest BCUT2D eigenvalue weighted by molar-refractivity contribution is -0.0123. The van der Waals surface area contributed by atoms with Gasteiger partial charge in [0.15, 0.2) is 5.78 Å². The maximum atomic E-state index is 13.3. The number of ketones is 1. The van der Waals surface area contributed by atoms with E-state index in [1.165, 1.54) is 0 Å². The van der Waals surface area contributed by atoms with Crippen molar-refractivity contribution >= 4 is 5.78 Å². The quantitative estimate of drug-likeness (QED) is 0.740. The molecule has 0 bridgehead atoms. The van der Waals surface area contributed by atoms with Crippen molar-refractivity contribution in [1.82, 2.24) is 0 Å². The lowest BCUT2D eigenvalue weighted by Gasteiger charge is -2.22. The van der Waals surface area contributed by atoms with Gasteiger partial charge in [-0.1, -0.05) is 6.92 Å². The van der Waals surface area contributed by atoms with Crippen molar-refractivity contribution in [3.05, 3.63) is 35.4 Å². The van der Waals surface area contributed by atoms with Gasteiger partial charge in [-0.2, -0.15) is 0 Å². The van der Waals surface area contributed by atoms with E-state index in [0.29, 0.717) is 6.07 Å². The first-order valence-electron chi connectivity index (χ1n) is 5.48. The molecule has 0 atom stereocenters. The predicted molar refractivity (Wildman–Crippen MR) is 61.0 cm³/mol. The fourth-order valence-corrected chi connectivity index (χ4v) is 1.16. The van der Waals surface area contributed by atoms with Gasteiger partial charge < -0.3 is 4.74 Å². The Hall–Kier alpha value is -1.29. The van der Waals surface area contributed by atoms with Crippen molar-refractivity contribution in [2.75, 3.05) is 6.61 Å². The van der Waals surface area contributed by atoms with Gasteiger partial charge in [-0.25, -0.2) is 8.78 Å². The average Bonchev–Trinajstić information content (AvgIpc) is 2.26. The Labute approximate surface area is 99.6 Å². The molecule has 0 N–H and O–H groups in total. The molecule has 0 fully saturated rings. The SMILES string of the molecule is CCC(C)(C)OCC(=O)c1ccc(F)cc1F. The molecule has 1 aromatic carbocycles. The molecule has 2 nitrogen and oxygen atoms in total. The number of hydrogen-bond acceptors (Lipinski definition) is 2. The number of ether oxygens (including phenoxy) is 1. The minimum Gasteiger partial charge on any atom is -0.367 e. The summed E-state index contributed by atoms with van der Waals surface area (Å²) >= 11 is 0. The third-order valence-electron chi connectivity index (χ3n) is 2.68. The molecule has 0 aliphatic rings. The summed E-state index contributed by atoms with van der Waals surface area (Å²) < 4.78 is 31.3. The fourth-order valence-electron chi connectivity index (χ4n) is 1.16. The third kappa shape index (κ3) is 3.89. The van der Waals surface area contributed by atoms with Gasteiger partial charge in [-0.3, -0.25) is 4.79 Å². The third-order valence-corrected chi connectivity index (χ3v) is 2.68. The summed E-state index contributed by atoms with van der Waals surface area (Å²) in [5.41, 5.74) is -0.565. The molecule has 0 heterocycles. The summed E-state index contributed by atoms with van der Waals surface area (Å²) in [4.78, 5) is 11.7. The molecule has 0 amide bonds. The normalized spacial score (nSPS) is 11.6. The van der Waals surface area contributed by atoms with E-state index in [0.717, 1.165) is 18.6 Å². The molecule has 1 rings (SSSR count). The van der Waals surface area contributed by atoms with Crippen LogP contribution >= 0.6 is 0 Å². The number of benzene rings is 1. The van der Waals surface area contributed by atoms with Crippen LogP contribution in [0, 0.1) is 11.6 Å². The molecule has 0 saturated carbocycles. The van der Waals surface area contributed by atoms with Gasteiger partial charge in [0, 0.05) is 6.07 Å². The Morgan fingerprint density at radius 1 is 1.35 bits per heavy atom. The molecule has 0 unspecified atom stereocenters. The van der Waals surface area contributed by atoms with Crippen LogP contribution in [0.5, 0.6) is 0 Å². The largest absolute Gasteiger partial charge is 0.367 e. The molecule has 0 aliphatic heterocycles. The van der Waals surface area contributed by atoms with E-state index in [-0.39, 0.29) is 12.2 Å². The first-order valence-corrected chi connectivity index (χ1v) is 5.48. The number of rotatable bonds is 5. The van der Waals surface area contributed by atoms with Gasteiger partial charge in [-0.15, -0.1) is 0 Å². The van der Waals surface area contributed by atoms with E-state index in [2.05, 4.69) is 0 Å². The van der Waals surface area contributed by atoms with Gasteiger partial charge in [0.05, 0.1) is 11.2 Å². The Morgan fingerprint density at radius 2 is 2.00 bits per heavy atom. The molecular formula is C13H16F2O2. The Kier molecular flexibility index (Phi) is 4.34. The molecular weight excluding hydrogens is 226 g/mol. The standard InChI is InChI=1S/C13H16F2O2/c1-4-13(2,3)17-8-12(16)10-6-5-9(14)7-11(10)15/h5-7H,4,8H2,1-3H3. The average molecular weight is 242 g/mol. The second-order valence-electron chi connectivity index (χ2n) is 4.45. The second-order valence-corrected chi connectivity index (χ2v) is 4.45. The summed E-state index contributed by atoms with van der Waals surface area (Å²) in [5, 5.41) is 0. The molecule has 94 valence electrons. The van der Waals surface area contributed by atoms with Crippen LogP contribution in [0.1, 0.15) is 37.6 Å². The molecule has 0 radical (unpaired) electrons. The van der Waals surface area contributed by atoms with Crippen LogP contribution in [0.25, 0.3) is 0 Å². The number of hydrogen-bond donors (Lipinski definition) is 0. The van der Waals surface area contributed by atoms with Crippen molar-refractivity contribution in [2.45, 2.75) is 32.8 Å². The van der Waals surface area contributed by atoms with Crippen LogP contribution in [0.2, 0.25) is 0 Å². The van der Waals surface area contributed by atoms with Crippen molar-refractivity contribution in [2.24, 2.45) is 0 Å². The highest BCUT2D eigenvalue weighted by Crippen LogP contribution is 2.15. The highest BCUT2D eigenvalue weighted by atomic mass is 19.1. The van der Waals surface area contributed by atoms with Crippen molar-refractivity contribution in [3.63, 3.8) is 0 Å². The lowest BCUT2D eigenvalue weighted by Crippen LogP contribution is -2.27. The van der Waals surface area contributed by atoms with Crippen LogP contribution in [0.15, 0.2) is 18.2 Å². The van der Waals surface area contributed by atoms with Crippen LogP contribution in [-0.4, -0.2) is 18.0 Å². The summed E-state index contributed by atoms with van der Waals surface area (Å²) in [6, 6.07) is 2.88. The maximum absolute atomic E-state index is 13.3. The van der Waals surface area contributed by atoms with Gasteiger partial charge in [-0.05, 0) is 32.4 Å². The minimum atomic E-state index is -0.854. The van der Waals surface area contributed by atoms with E-state index >= 15 is 0 Å². The van der Waals surface area contributed by atoms with E-state index in [1.807, 2.05) is 20.8 Å². The van der Waals surface area contributed by atoms with Crippen LogP contribution in [0.3, 0.4) is 0 Å². The Balaban J connectivity index is 2.71. The Bertz CT molecular complexity index is 414. The zero-order valence-corrected chi connectivity index (χ0v) is 10.2. The van der Waals surface area contributed by atoms with E-state index in [4.69, 9.17) is 4.74 Å². The van der Waals surface area contributed by atoms with Crippen molar-refractivity contribution < 1.29 is 18.3 Å². The van der Waals surface area contributed by atoms with Gasteiger partial charge in [0.1, 0.15) is 18.2 Å². The van der Waals surface area contributed by atoms with Crippen LogP contribution in [-0.2, 0) is 4.74 Å². The van der Waals surface area contributed by atoms with E-state index in [1.54, 1.807) is 0 Å². The van der Waals surface area contributed by atoms with E-state index < -0.39 is 23.0 Å². The fraction of sp³-hybridized carbons (Fsp3) is 0.462. The molecule has 17 heavy (non-hydrogen) atoms. The predicted octanol–water partition coefficient (Wildman–Crippen LogP) is 3.35. The highest BCUT2D eigenvalue weighted by molar-refractivity contribution is 5.97. The molecule has 0 spiro atoms. The summed E-state index contributed by atoms with van der Waals surface area (Å²) in [6.07, 6.45) is 0.742. The number of carbonyl (C=O) groups is 1. The molecule has 0 aliphatic carbocycles. The zero-order chi connectivity index (χ0) is 13.1. The summed E-state index contributed by atoms with van der Waals surface area (Å²) in [6.45, 7) is 5.43. The Morgan fingerprint density at radius 3 is 2.53 bits per heavy atom. The molecule has 0 aromatic heterocycles. The first kappa shape index (κ1) is 13.8. The van der Waals surface area contributed by atoms with E-state index in [9.17, 15) is 13.6 Å². The first-order chi connectivity index (χ1) is 7.85. The highest BCUT2D eigenvalue weighted by Gasteiger charge is 2.19. The monoisotopic (exact) mass is 242 g/mol. The molecule has 4 heteroatoms. The minimum absolute atomic E-state index is 0.140. The number of Topliss-reactive ketones (excluding diaryl/α,β-unsaturated/α-hetero) is 1. The number of halogens is 2. The van der Waals surface area contributed by atoms with Crippen LogP contribution < -0.4 is 0 Å². The summed E-state index contributed by atoms with van der Waals surface area (Å²) in [7, 11) is 0. The van der Waals surface area contributed by atoms with Crippen molar-refractivity contribution in [1.29, 1.82) is 0 Å². The molecule has 1 aromatic rings. The van der Waals surface area contributed by atoms with Crippen LogP contribution in [0.4, 0.5) is 8.78 Å². The van der Waals surface area contributed by atoms with Gasteiger partial charge >= 0.3 is 0 Å². The van der Waals surface area contributed by atoms with Gasteiger partial charge in [0.2, 0.25) is 0 Å². The smallest absolute Gasteiger partial charge is 0.191 e. The second kappa shape index (κ2) is 5.36. The maximum Gasteiger partial charge on any atom is 0.191 e. The van der Waals surface area contributed by atoms with Gasteiger partial charge in [0.25, 0.3) is 0 Å².